The van der Waals surface area contributed by atoms with Crippen molar-refractivity contribution >= 4 is 39.3 Å². The molecule has 0 amide bonds. The molecule has 0 aromatic heterocycles. The Morgan fingerprint density at radius 2 is 0.917 bits per heavy atom. The van der Waals surface area contributed by atoms with Crippen LogP contribution in [0.15, 0.2) is 48.5 Å². The van der Waals surface area contributed by atoms with Crippen molar-refractivity contribution in [3.05, 3.63) is 59.7 Å². The Hall–Kier alpha value is -0.960. The van der Waals surface area contributed by atoms with E-state index < -0.39 is 17.7 Å². The van der Waals surface area contributed by atoms with Gasteiger partial charge in [-0.25, -0.2) is 16.8 Å². The maximum absolute atomic E-state index is 11.2. The first kappa shape index (κ1) is 19.4. The molecule has 0 unspecified atom stereocenters. The number of rotatable bonds is 7. The Morgan fingerprint density at radius 1 is 0.625 bits per heavy atom. The van der Waals surface area contributed by atoms with E-state index >= 15 is 0 Å². The highest BCUT2D eigenvalue weighted by Gasteiger charge is 2.06. The molecule has 4 nitrogen and oxygen atoms in total. The summed E-state index contributed by atoms with van der Waals surface area (Å²) in [7, 11) is -4.23. The van der Waals surface area contributed by atoms with Crippen molar-refractivity contribution in [2.75, 3.05) is 12.5 Å². The highest BCUT2D eigenvalue weighted by molar-refractivity contribution is 8.71. The van der Waals surface area contributed by atoms with Gasteiger partial charge >= 0.3 is 0 Å². The molecule has 2 aromatic carbocycles. The molecule has 0 saturated carbocycles. The van der Waals surface area contributed by atoms with Crippen LogP contribution in [0.5, 0.6) is 0 Å². The average molecular weight is 403 g/mol. The summed E-state index contributed by atoms with van der Waals surface area (Å²) >= 11 is 0. The Labute approximate surface area is 150 Å². The lowest BCUT2D eigenvalue weighted by Crippen LogP contribution is -1.91. The van der Waals surface area contributed by atoms with Crippen molar-refractivity contribution in [3.63, 3.8) is 0 Å². The summed E-state index contributed by atoms with van der Waals surface area (Å²) in [6.45, 7) is 0. The van der Waals surface area contributed by atoms with Crippen molar-refractivity contribution < 1.29 is 16.8 Å². The van der Waals surface area contributed by atoms with Crippen molar-refractivity contribution in [3.8, 4) is 11.1 Å². The van der Waals surface area contributed by atoms with Gasteiger partial charge in [0.1, 0.15) is 0 Å². The topological polar surface area (TPSA) is 68.3 Å². The lowest BCUT2D eigenvalue weighted by Gasteiger charge is -2.06. The molecule has 0 saturated heterocycles. The Morgan fingerprint density at radius 3 is 1.17 bits per heavy atom. The van der Waals surface area contributed by atoms with Crippen molar-refractivity contribution in [1.82, 2.24) is 0 Å². The molecule has 0 spiro atoms. The fraction of sp³-hybridized carbons (Fsp3) is 0.250. The second kappa shape index (κ2) is 7.95. The fourth-order valence-corrected chi connectivity index (χ4v) is 5.12. The summed E-state index contributed by atoms with van der Waals surface area (Å²) in [5.41, 5.74) is 3.97. The Bertz CT molecular complexity index is 807. The van der Waals surface area contributed by atoms with Gasteiger partial charge in [0.25, 0.3) is 0 Å². The van der Waals surface area contributed by atoms with Crippen LogP contribution in [0.1, 0.15) is 11.1 Å². The molecule has 0 atom stereocenters. The zero-order valence-corrected chi connectivity index (χ0v) is 16.6. The van der Waals surface area contributed by atoms with Crippen molar-refractivity contribution in [1.29, 1.82) is 0 Å². The van der Waals surface area contributed by atoms with E-state index in [0.29, 0.717) is 11.5 Å². The van der Waals surface area contributed by atoms with Gasteiger partial charge in [-0.1, -0.05) is 48.5 Å². The third-order valence-corrected chi connectivity index (χ3v) is 8.16. The van der Waals surface area contributed by atoms with Gasteiger partial charge in [0.15, 0.2) is 17.7 Å². The summed E-state index contributed by atoms with van der Waals surface area (Å²) in [5, 5.41) is 0. The maximum Gasteiger partial charge on any atom is 0.199 e. The van der Waals surface area contributed by atoms with Gasteiger partial charge in [0.2, 0.25) is 0 Å². The normalized spacial score (nSPS) is 12.2. The minimum Gasteiger partial charge on any atom is -0.218 e. The number of benzene rings is 2. The van der Waals surface area contributed by atoms with E-state index in [2.05, 4.69) is 0 Å². The van der Waals surface area contributed by atoms with E-state index in [0.717, 1.165) is 43.8 Å². The minimum absolute atomic E-state index is 0.431. The fourth-order valence-electron chi connectivity index (χ4n) is 1.94. The summed E-state index contributed by atoms with van der Waals surface area (Å²) in [4.78, 5) is 0. The summed E-state index contributed by atoms with van der Waals surface area (Å²) in [6.07, 6.45) is 2.41. The molecular formula is C16H18O4S4. The third-order valence-electron chi connectivity index (χ3n) is 3.12. The van der Waals surface area contributed by atoms with Crippen LogP contribution < -0.4 is 0 Å². The molecule has 0 aliphatic rings. The molecule has 0 aliphatic heterocycles. The molecule has 2 rings (SSSR count). The summed E-state index contributed by atoms with van der Waals surface area (Å²) in [5.74, 6) is 0.863. The van der Waals surface area contributed by atoms with E-state index in [-0.39, 0.29) is 0 Å². The second-order valence-corrected chi connectivity index (χ2v) is 14.2. The van der Waals surface area contributed by atoms with Crippen LogP contribution in [0, 0.1) is 0 Å². The second-order valence-electron chi connectivity index (χ2n) is 5.33. The van der Waals surface area contributed by atoms with Gasteiger partial charge in [-0.15, -0.1) is 0 Å². The van der Waals surface area contributed by atoms with Crippen LogP contribution in [0.25, 0.3) is 11.1 Å². The summed E-state index contributed by atoms with van der Waals surface area (Å²) < 4.78 is 44.7. The predicted molar refractivity (Wildman–Crippen MR) is 104 cm³/mol. The predicted octanol–water partition coefficient (Wildman–Crippen LogP) is 3.74. The quantitative estimate of drug-likeness (QED) is 0.657. The van der Waals surface area contributed by atoms with Gasteiger partial charge in [0.05, 0.1) is 0 Å². The monoisotopic (exact) mass is 402 g/mol. The molecule has 0 heterocycles. The molecule has 0 bridgehead atoms. The lowest BCUT2D eigenvalue weighted by molar-refractivity contribution is 0.614. The number of hydrogen-bond acceptors (Lipinski definition) is 6. The molecule has 2 aromatic rings. The first-order chi connectivity index (χ1) is 11.1. The van der Waals surface area contributed by atoms with Crippen LogP contribution in [0.4, 0.5) is 0 Å². The molecule has 0 fully saturated rings. The van der Waals surface area contributed by atoms with Crippen LogP contribution in [-0.4, -0.2) is 29.3 Å². The molecule has 8 heteroatoms. The smallest absolute Gasteiger partial charge is 0.199 e. The van der Waals surface area contributed by atoms with Crippen LogP contribution in [-0.2, 0) is 29.2 Å². The largest absolute Gasteiger partial charge is 0.218 e. The minimum atomic E-state index is -3.03. The van der Waals surface area contributed by atoms with Gasteiger partial charge in [-0.05, 0) is 43.8 Å². The highest BCUT2D eigenvalue weighted by Crippen LogP contribution is 2.25. The van der Waals surface area contributed by atoms with Gasteiger partial charge in [0, 0.05) is 24.0 Å². The lowest BCUT2D eigenvalue weighted by atomic mass is 10.0. The van der Waals surface area contributed by atoms with E-state index in [1.807, 2.05) is 48.5 Å². The van der Waals surface area contributed by atoms with Crippen LogP contribution in [0.3, 0.4) is 0 Å². The van der Waals surface area contributed by atoms with Crippen molar-refractivity contribution in [2.45, 2.75) is 11.5 Å². The Kier molecular flexibility index (Phi) is 6.41. The third kappa shape index (κ3) is 6.88. The van der Waals surface area contributed by atoms with E-state index in [9.17, 15) is 16.8 Å². The van der Waals surface area contributed by atoms with Crippen molar-refractivity contribution in [2.24, 2.45) is 0 Å². The maximum atomic E-state index is 11.2. The molecule has 0 radical (unpaired) electrons. The SMILES string of the molecule is CS(=O)(=O)SCc1ccc(-c2ccc(CSS(C)(=O)=O)cc2)cc1. The standard InChI is InChI=1S/C16H18O4S4/c1-23(17,18)21-11-13-3-7-15(8-4-13)16-9-5-14(6-10-16)12-22-24(2,19)20/h3-10H,11-12H2,1-2H3. The first-order valence-electron chi connectivity index (χ1n) is 6.99. The summed E-state index contributed by atoms with van der Waals surface area (Å²) in [6, 6.07) is 15.5. The number of hydrogen-bond donors (Lipinski definition) is 0. The van der Waals surface area contributed by atoms with E-state index in [1.54, 1.807) is 0 Å². The zero-order chi connectivity index (χ0) is 17.8. The van der Waals surface area contributed by atoms with E-state index in [1.165, 1.54) is 12.5 Å². The van der Waals surface area contributed by atoms with Crippen LogP contribution >= 0.6 is 21.6 Å². The Balaban J connectivity index is 2.03. The molecule has 0 aliphatic carbocycles. The van der Waals surface area contributed by atoms with E-state index in [4.69, 9.17) is 0 Å². The van der Waals surface area contributed by atoms with Gasteiger partial charge in [-0.2, -0.15) is 0 Å². The molecule has 24 heavy (non-hydrogen) atoms. The van der Waals surface area contributed by atoms with Gasteiger partial charge < -0.3 is 0 Å². The zero-order valence-electron chi connectivity index (χ0n) is 13.3. The van der Waals surface area contributed by atoms with Gasteiger partial charge in [-0.3, -0.25) is 0 Å². The molecular weight excluding hydrogens is 384 g/mol. The first-order valence-corrected chi connectivity index (χ1v) is 13.8. The average Bonchev–Trinajstić information content (AvgIpc) is 2.51. The molecule has 130 valence electrons. The molecule has 0 N–H and O–H groups in total. The highest BCUT2D eigenvalue weighted by atomic mass is 33.1. The van der Waals surface area contributed by atoms with Crippen LogP contribution in [0.2, 0.25) is 0 Å².